The highest BCUT2D eigenvalue weighted by molar-refractivity contribution is 5.91. The van der Waals surface area contributed by atoms with Crippen molar-refractivity contribution in [2.45, 2.75) is 77.0 Å². The Morgan fingerprint density at radius 1 is 1.03 bits per heavy atom. The first kappa shape index (κ1) is 23.0. The van der Waals surface area contributed by atoms with Crippen LogP contribution in [0.5, 0.6) is 5.75 Å². The third kappa shape index (κ3) is 6.66. The number of esters is 1. The molecule has 3 rings (SSSR count). The zero-order chi connectivity index (χ0) is 22.1. The van der Waals surface area contributed by atoms with Crippen molar-refractivity contribution in [3.8, 4) is 11.8 Å². The maximum atomic E-state index is 13.7. The summed E-state index contributed by atoms with van der Waals surface area (Å²) in [5.74, 6) is 0.315. The summed E-state index contributed by atoms with van der Waals surface area (Å²) in [5, 5.41) is 8.79. The predicted molar refractivity (Wildman–Crippen MR) is 121 cm³/mol. The largest absolute Gasteiger partial charge is 0.423 e. The van der Waals surface area contributed by atoms with Crippen molar-refractivity contribution in [1.82, 2.24) is 0 Å². The van der Waals surface area contributed by atoms with E-state index in [4.69, 9.17) is 10.00 Å². The molecule has 0 saturated heterocycles. The van der Waals surface area contributed by atoms with Crippen LogP contribution in [0.15, 0.2) is 42.5 Å². The number of halogens is 1. The normalized spacial score (nSPS) is 18.4. The highest BCUT2D eigenvalue weighted by Crippen LogP contribution is 2.37. The molecule has 31 heavy (non-hydrogen) atoms. The molecule has 0 spiro atoms. The number of ether oxygens (including phenoxy) is 1. The molecule has 0 aromatic heterocycles. The molecule has 0 heterocycles. The first-order chi connectivity index (χ1) is 15.1. The highest BCUT2D eigenvalue weighted by atomic mass is 19.1. The summed E-state index contributed by atoms with van der Waals surface area (Å²) < 4.78 is 18.9. The second-order valence-corrected chi connectivity index (χ2v) is 8.69. The average molecular weight is 422 g/mol. The quantitative estimate of drug-likeness (QED) is 0.238. The van der Waals surface area contributed by atoms with Crippen LogP contribution in [0.3, 0.4) is 0 Å². The molecule has 0 N–H and O–H groups in total. The number of nitriles is 1. The number of unbranched alkanes of at least 4 members (excludes halogenated alkanes) is 4. The van der Waals surface area contributed by atoms with Crippen molar-refractivity contribution in [2.24, 2.45) is 5.92 Å². The van der Waals surface area contributed by atoms with Gasteiger partial charge in [-0.05, 0) is 67.3 Å². The molecule has 2 aromatic rings. The topological polar surface area (TPSA) is 50.1 Å². The minimum Gasteiger partial charge on any atom is -0.423 e. The molecule has 1 aliphatic carbocycles. The molecule has 0 unspecified atom stereocenters. The smallest absolute Gasteiger partial charge is 0.343 e. The van der Waals surface area contributed by atoms with Crippen molar-refractivity contribution in [3.63, 3.8) is 0 Å². The Bertz CT molecular complexity index is 892. The summed E-state index contributed by atoms with van der Waals surface area (Å²) in [6, 6.07) is 13.2. The fraction of sp³-hybridized carbons (Fsp3) is 0.481. The van der Waals surface area contributed by atoms with Crippen LogP contribution in [-0.4, -0.2) is 5.97 Å². The van der Waals surface area contributed by atoms with Gasteiger partial charge in [0.15, 0.2) is 0 Å². The number of hydrogen-bond donors (Lipinski definition) is 0. The summed E-state index contributed by atoms with van der Waals surface area (Å²) in [5.41, 5.74) is 1.65. The maximum Gasteiger partial charge on any atom is 0.343 e. The van der Waals surface area contributed by atoms with Crippen LogP contribution in [0.1, 0.15) is 98.5 Å². The van der Waals surface area contributed by atoms with E-state index in [2.05, 4.69) is 6.92 Å². The van der Waals surface area contributed by atoms with Gasteiger partial charge in [-0.25, -0.2) is 9.18 Å². The number of carbonyl (C=O) groups is 1. The Hall–Kier alpha value is -2.67. The van der Waals surface area contributed by atoms with E-state index in [1.165, 1.54) is 81.9 Å². The van der Waals surface area contributed by atoms with E-state index < -0.39 is 11.8 Å². The molecule has 0 atom stereocenters. The van der Waals surface area contributed by atoms with Crippen molar-refractivity contribution in [2.75, 3.05) is 0 Å². The minimum atomic E-state index is -0.695. The SMILES string of the molecule is CCCCCCCC1CCC(c2ccc(C(=O)Oc3ccc(C#N)c(F)c3)cc2)CC1. The molecule has 1 aliphatic rings. The van der Waals surface area contributed by atoms with Gasteiger partial charge in [-0.15, -0.1) is 0 Å². The fourth-order valence-electron chi connectivity index (χ4n) is 4.53. The van der Waals surface area contributed by atoms with Gasteiger partial charge in [0.25, 0.3) is 0 Å². The summed E-state index contributed by atoms with van der Waals surface area (Å²) in [6.45, 7) is 2.26. The lowest BCUT2D eigenvalue weighted by Gasteiger charge is -2.29. The van der Waals surface area contributed by atoms with Crippen LogP contribution in [0.4, 0.5) is 4.39 Å². The Labute approximate surface area is 185 Å². The van der Waals surface area contributed by atoms with Crippen molar-refractivity contribution in [1.29, 1.82) is 5.26 Å². The van der Waals surface area contributed by atoms with E-state index >= 15 is 0 Å². The van der Waals surface area contributed by atoms with Crippen molar-refractivity contribution < 1.29 is 13.9 Å². The van der Waals surface area contributed by atoms with Crippen LogP contribution in [0, 0.1) is 23.1 Å². The van der Waals surface area contributed by atoms with Crippen molar-refractivity contribution >= 4 is 5.97 Å². The highest BCUT2D eigenvalue weighted by Gasteiger charge is 2.22. The molecule has 1 saturated carbocycles. The van der Waals surface area contributed by atoms with Crippen LogP contribution in [0.2, 0.25) is 0 Å². The number of nitrogens with zero attached hydrogens (tertiary/aromatic N) is 1. The molecule has 0 amide bonds. The summed E-state index contributed by atoms with van der Waals surface area (Å²) in [6.07, 6.45) is 13.2. The van der Waals surface area contributed by atoms with Crippen LogP contribution >= 0.6 is 0 Å². The van der Waals surface area contributed by atoms with E-state index in [9.17, 15) is 9.18 Å². The van der Waals surface area contributed by atoms with E-state index in [0.29, 0.717) is 11.5 Å². The van der Waals surface area contributed by atoms with Crippen LogP contribution in [0.25, 0.3) is 0 Å². The Balaban J connectivity index is 1.47. The van der Waals surface area contributed by atoms with Gasteiger partial charge in [-0.2, -0.15) is 5.26 Å². The molecule has 0 bridgehead atoms. The second kappa shape index (κ2) is 11.6. The standard InChI is InChI=1S/C27H32FNO2/c1-2-3-4-5-6-7-20-8-10-21(11-9-20)22-12-14-23(15-13-22)27(30)31-25-17-16-24(19-29)26(28)18-25/h12-18,20-21H,2-11H2,1H3. The Morgan fingerprint density at radius 2 is 1.74 bits per heavy atom. The molecule has 164 valence electrons. The number of carbonyl (C=O) groups excluding carboxylic acids is 1. The molecule has 1 fully saturated rings. The number of rotatable bonds is 9. The molecule has 3 nitrogen and oxygen atoms in total. The molecule has 0 aliphatic heterocycles. The summed E-state index contributed by atoms with van der Waals surface area (Å²) in [7, 11) is 0. The third-order valence-corrected chi connectivity index (χ3v) is 6.45. The van der Waals surface area contributed by atoms with Crippen molar-refractivity contribution in [3.05, 3.63) is 65.0 Å². The average Bonchev–Trinajstić information content (AvgIpc) is 2.79. The van der Waals surface area contributed by atoms with Gasteiger partial charge in [0.2, 0.25) is 0 Å². The lowest BCUT2D eigenvalue weighted by Crippen LogP contribution is -2.14. The van der Waals surface area contributed by atoms with Gasteiger partial charge in [-0.1, -0.05) is 57.6 Å². The lowest BCUT2D eigenvalue weighted by molar-refractivity contribution is 0.0734. The predicted octanol–water partition coefficient (Wildman–Crippen LogP) is 7.55. The Kier molecular flexibility index (Phi) is 8.64. The first-order valence-corrected chi connectivity index (χ1v) is 11.6. The van der Waals surface area contributed by atoms with E-state index in [-0.39, 0.29) is 11.3 Å². The third-order valence-electron chi connectivity index (χ3n) is 6.45. The molecule has 4 heteroatoms. The second-order valence-electron chi connectivity index (χ2n) is 8.69. The molecule has 0 radical (unpaired) electrons. The summed E-state index contributed by atoms with van der Waals surface area (Å²) >= 11 is 0. The van der Waals surface area contributed by atoms with E-state index in [1.54, 1.807) is 18.2 Å². The van der Waals surface area contributed by atoms with Gasteiger partial charge in [-0.3, -0.25) is 0 Å². The lowest BCUT2D eigenvalue weighted by atomic mass is 9.77. The number of hydrogen-bond acceptors (Lipinski definition) is 3. The molecular weight excluding hydrogens is 389 g/mol. The Morgan fingerprint density at radius 3 is 2.39 bits per heavy atom. The maximum absolute atomic E-state index is 13.7. The number of benzene rings is 2. The van der Waals surface area contributed by atoms with Gasteiger partial charge < -0.3 is 4.74 Å². The summed E-state index contributed by atoms with van der Waals surface area (Å²) in [4.78, 5) is 12.4. The first-order valence-electron chi connectivity index (χ1n) is 11.6. The van der Waals surface area contributed by atoms with Crippen LogP contribution in [-0.2, 0) is 0 Å². The van der Waals surface area contributed by atoms with Gasteiger partial charge in [0.05, 0.1) is 11.1 Å². The van der Waals surface area contributed by atoms with E-state index in [0.717, 1.165) is 12.0 Å². The van der Waals surface area contributed by atoms with Gasteiger partial charge in [0.1, 0.15) is 17.6 Å². The van der Waals surface area contributed by atoms with Crippen LogP contribution < -0.4 is 4.74 Å². The minimum absolute atomic E-state index is 0.0737. The van der Waals surface area contributed by atoms with E-state index in [1.807, 2.05) is 12.1 Å². The fourth-order valence-corrected chi connectivity index (χ4v) is 4.53. The zero-order valence-corrected chi connectivity index (χ0v) is 18.4. The van der Waals surface area contributed by atoms with Gasteiger partial charge >= 0.3 is 5.97 Å². The van der Waals surface area contributed by atoms with Gasteiger partial charge in [0, 0.05) is 6.07 Å². The molecular formula is C27H32FNO2. The zero-order valence-electron chi connectivity index (χ0n) is 18.4. The molecule has 2 aromatic carbocycles. The monoisotopic (exact) mass is 421 g/mol.